The Morgan fingerprint density at radius 1 is 1.10 bits per heavy atom. The number of amides is 1. The first-order valence-corrected chi connectivity index (χ1v) is 7.25. The smallest absolute Gasteiger partial charge is 0.255 e. The average Bonchev–Trinajstić information content (AvgIpc) is 2.33. The molecule has 21 heavy (non-hydrogen) atoms. The van der Waals surface area contributed by atoms with Crippen molar-refractivity contribution < 1.29 is 15.0 Å². The number of aliphatic hydroxyl groups is 1. The molecule has 1 aromatic rings. The van der Waals surface area contributed by atoms with Gasteiger partial charge in [-0.15, -0.1) is 0 Å². The molecule has 1 amide bonds. The van der Waals surface area contributed by atoms with Gasteiger partial charge in [0.1, 0.15) is 5.75 Å². The number of rotatable bonds is 3. The number of hydrogen-bond donors (Lipinski definition) is 3. The van der Waals surface area contributed by atoms with Gasteiger partial charge in [-0.05, 0) is 22.5 Å². The Bertz CT molecular complexity index is 522. The second-order valence-electron chi connectivity index (χ2n) is 7.40. The number of hydrogen-bond acceptors (Lipinski definition) is 3. The van der Waals surface area contributed by atoms with E-state index in [0.717, 1.165) is 11.1 Å². The highest BCUT2D eigenvalue weighted by molar-refractivity contribution is 5.97. The highest BCUT2D eigenvalue weighted by atomic mass is 16.3. The fourth-order valence-corrected chi connectivity index (χ4v) is 2.08. The minimum absolute atomic E-state index is 0.0194. The van der Waals surface area contributed by atoms with E-state index >= 15 is 0 Å². The lowest BCUT2D eigenvalue weighted by molar-refractivity contribution is 0.0941. The molecular weight excluding hydrogens is 266 g/mol. The number of nitrogens with one attached hydrogen (secondary N) is 1. The predicted octanol–water partition coefficient (Wildman–Crippen LogP) is 2.71. The van der Waals surface area contributed by atoms with Crippen LogP contribution < -0.4 is 5.32 Å². The molecule has 0 aromatic heterocycles. The van der Waals surface area contributed by atoms with Crippen molar-refractivity contribution in [2.45, 2.75) is 52.4 Å². The summed E-state index contributed by atoms with van der Waals surface area (Å²) in [5.74, 6) is -0.343. The number of carbonyl (C=O) groups excluding carboxylic acids is 1. The minimum Gasteiger partial charge on any atom is -0.507 e. The van der Waals surface area contributed by atoms with Crippen LogP contribution in [0, 0.1) is 0 Å². The van der Waals surface area contributed by atoms with Gasteiger partial charge in [-0.25, -0.2) is 0 Å². The van der Waals surface area contributed by atoms with Crippen LogP contribution in [0.3, 0.4) is 0 Å². The van der Waals surface area contributed by atoms with E-state index in [4.69, 9.17) is 5.11 Å². The van der Waals surface area contributed by atoms with Gasteiger partial charge < -0.3 is 15.5 Å². The fraction of sp³-hybridized carbons (Fsp3) is 0.588. The number of benzene rings is 1. The molecule has 4 heteroatoms. The predicted molar refractivity (Wildman–Crippen MR) is 84.9 cm³/mol. The molecule has 1 aromatic carbocycles. The maximum atomic E-state index is 12.2. The third-order valence-electron chi connectivity index (χ3n) is 3.43. The largest absolute Gasteiger partial charge is 0.507 e. The van der Waals surface area contributed by atoms with Gasteiger partial charge in [0, 0.05) is 12.1 Å². The van der Waals surface area contributed by atoms with Crippen LogP contribution in [0.15, 0.2) is 12.1 Å². The van der Waals surface area contributed by atoms with E-state index in [-0.39, 0.29) is 41.2 Å². The Morgan fingerprint density at radius 2 is 1.67 bits per heavy atom. The van der Waals surface area contributed by atoms with Gasteiger partial charge in [0.25, 0.3) is 5.91 Å². The summed E-state index contributed by atoms with van der Waals surface area (Å²) >= 11 is 0. The Labute approximate surface area is 127 Å². The van der Waals surface area contributed by atoms with Crippen molar-refractivity contribution in [3.8, 4) is 5.75 Å². The monoisotopic (exact) mass is 293 g/mol. The molecule has 0 aliphatic rings. The lowest BCUT2D eigenvalue weighted by atomic mass is 9.79. The third kappa shape index (κ3) is 4.21. The van der Waals surface area contributed by atoms with Gasteiger partial charge in [-0.2, -0.15) is 0 Å². The van der Waals surface area contributed by atoms with E-state index in [2.05, 4.69) is 26.1 Å². The van der Waals surface area contributed by atoms with E-state index in [0.29, 0.717) is 0 Å². The van der Waals surface area contributed by atoms with Gasteiger partial charge in [-0.1, -0.05) is 47.6 Å². The maximum Gasteiger partial charge on any atom is 0.255 e. The molecule has 0 saturated carbocycles. The summed E-state index contributed by atoms with van der Waals surface area (Å²) < 4.78 is 0. The molecule has 3 N–H and O–H groups in total. The quantitative estimate of drug-likeness (QED) is 0.802. The van der Waals surface area contributed by atoms with E-state index in [1.807, 2.05) is 26.8 Å². The molecule has 0 radical (unpaired) electrons. The van der Waals surface area contributed by atoms with E-state index in [1.165, 1.54) is 0 Å². The molecule has 0 atom stereocenters. The number of phenols is 1. The molecule has 0 bridgehead atoms. The minimum atomic E-state index is -0.363. The summed E-state index contributed by atoms with van der Waals surface area (Å²) in [4.78, 5) is 12.2. The van der Waals surface area contributed by atoms with Gasteiger partial charge in [0.15, 0.2) is 0 Å². The van der Waals surface area contributed by atoms with Crippen LogP contribution in [0.4, 0.5) is 0 Å². The topological polar surface area (TPSA) is 69.6 Å². The third-order valence-corrected chi connectivity index (χ3v) is 3.43. The van der Waals surface area contributed by atoms with E-state index in [1.54, 1.807) is 6.07 Å². The summed E-state index contributed by atoms with van der Waals surface area (Å²) in [5.41, 5.74) is 1.63. The SMILES string of the molecule is CC(C)(C)c1cc(C(=O)NCCO)c(O)c(C(C)(C)C)c1. The highest BCUT2D eigenvalue weighted by Crippen LogP contribution is 2.37. The lowest BCUT2D eigenvalue weighted by Crippen LogP contribution is -2.28. The van der Waals surface area contributed by atoms with E-state index in [9.17, 15) is 9.90 Å². The van der Waals surface area contributed by atoms with Crippen molar-refractivity contribution in [1.82, 2.24) is 5.32 Å². The van der Waals surface area contributed by atoms with Crippen LogP contribution in [0.5, 0.6) is 5.75 Å². The average molecular weight is 293 g/mol. The number of aromatic hydroxyl groups is 1. The summed E-state index contributed by atoms with van der Waals surface area (Å²) in [7, 11) is 0. The zero-order chi connectivity index (χ0) is 16.4. The molecule has 0 aliphatic heterocycles. The second-order valence-corrected chi connectivity index (χ2v) is 7.40. The van der Waals surface area contributed by atoms with Crippen LogP contribution >= 0.6 is 0 Å². The van der Waals surface area contributed by atoms with Crippen LogP contribution in [-0.4, -0.2) is 29.3 Å². The normalized spacial score (nSPS) is 12.3. The summed E-state index contributed by atoms with van der Waals surface area (Å²) in [5, 5.41) is 21.9. The highest BCUT2D eigenvalue weighted by Gasteiger charge is 2.26. The first-order valence-electron chi connectivity index (χ1n) is 7.25. The molecule has 0 spiro atoms. The molecule has 0 aliphatic carbocycles. The molecular formula is C17H27NO3. The first-order chi connectivity index (χ1) is 9.48. The van der Waals surface area contributed by atoms with Crippen LogP contribution in [-0.2, 0) is 10.8 Å². The molecule has 1 rings (SSSR count). The number of phenolic OH excluding ortho intramolecular Hbond substituents is 1. The van der Waals surface area contributed by atoms with Crippen molar-refractivity contribution in [2.24, 2.45) is 0 Å². The zero-order valence-electron chi connectivity index (χ0n) is 13.9. The molecule has 0 fully saturated rings. The van der Waals surface area contributed by atoms with Gasteiger partial charge in [0.05, 0.1) is 12.2 Å². The molecule has 118 valence electrons. The van der Waals surface area contributed by atoms with Crippen molar-refractivity contribution in [3.63, 3.8) is 0 Å². The number of carbonyl (C=O) groups is 1. The van der Waals surface area contributed by atoms with E-state index < -0.39 is 0 Å². The Kier molecular flexibility index (Phi) is 5.05. The van der Waals surface area contributed by atoms with Gasteiger partial charge in [-0.3, -0.25) is 4.79 Å². The van der Waals surface area contributed by atoms with Crippen molar-refractivity contribution >= 4 is 5.91 Å². The summed E-state index contributed by atoms with van der Waals surface area (Å²) in [6, 6.07) is 3.70. The Hall–Kier alpha value is -1.55. The lowest BCUT2D eigenvalue weighted by Gasteiger charge is -2.27. The Balaban J connectivity index is 3.45. The van der Waals surface area contributed by atoms with Crippen LogP contribution in [0.25, 0.3) is 0 Å². The molecule has 4 nitrogen and oxygen atoms in total. The maximum absolute atomic E-state index is 12.2. The van der Waals surface area contributed by atoms with Crippen molar-refractivity contribution in [2.75, 3.05) is 13.2 Å². The zero-order valence-corrected chi connectivity index (χ0v) is 13.9. The van der Waals surface area contributed by atoms with Gasteiger partial charge in [0.2, 0.25) is 0 Å². The summed E-state index contributed by atoms with van der Waals surface area (Å²) in [6.07, 6.45) is 0. The van der Waals surface area contributed by atoms with Gasteiger partial charge >= 0.3 is 0 Å². The first kappa shape index (κ1) is 17.5. The standard InChI is InChI=1S/C17H27NO3/c1-16(2,3)11-9-12(15(21)18-7-8-19)14(20)13(10-11)17(4,5)6/h9-10,19-20H,7-8H2,1-6H3,(H,18,21). The molecule has 0 unspecified atom stereocenters. The Morgan fingerprint density at radius 3 is 2.10 bits per heavy atom. The van der Waals surface area contributed by atoms with Crippen molar-refractivity contribution in [3.05, 3.63) is 28.8 Å². The number of aliphatic hydroxyl groups excluding tert-OH is 1. The molecule has 0 heterocycles. The molecule has 0 saturated heterocycles. The van der Waals surface area contributed by atoms with Crippen molar-refractivity contribution in [1.29, 1.82) is 0 Å². The fourth-order valence-electron chi connectivity index (χ4n) is 2.08. The summed E-state index contributed by atoms with van der Waals surface area (Å²) in [6.45, 7) is 12.3. The van der Waals surface area contributed by atoms with Crippen LogP contribution in [0.2, 0.25) is 0 Å². The second kappa shape index (κ2) is 6.06. The van der Waals surface area contributed by atoms with Crippen LogP contribution in [0.1, 0.15) is 63.0 Å².